The van der Waals surface area contributed by atoms with Crippen LogP contribution in [-0.2, 0) is 11.2 Å². The second-order valence-electron chi connectivity index (χ2n) is 2.99. The summed E-state index contributed by atoms with van der Waals surface area (Å²) in [4.78, 5) is 14.1. The third-order valence-corrected chi connectivity index (χ3v) is 1.89. The first-order valence-electron chi connectivity index (χ1n) is 4.29. The Kier molecular flexibility index (Phi) is 3.60. The number of carboxylic acid groups (broad SMARTS) is 1. The van der Waals surface area contributed by atoms with Crippen LogP contribution in [0.5, 0.6) is 5.88 Å². The fourth-order valence-corrected chi connectivity index (χ4v) is 1.24. The summed E-state index contributed by atoms with van der Waals surface area (Å²) in [7, 11) is 1.29. The lowest BCUT2D eigenvalue weighted by Crippen LogP contribution is -2.10. The lowest BCUT2D eigenvalue weighted by molar-refractivity contribution is -0.136. The van der Waals surface area contributed by atoms with E-state index in [1.807, 2.05) is 0 Å². The van der Waals surface area contributed by atoms with E-state index in [2.05, 4.69) is 4.98 Å². The molecule has 0 unspecified atom stereocenters. The van der Waals surface area contributed by atoms with Gasteiger partial charge in [0.25, 0.3) is 6.43 Å². The Morgan fingerprint density at radius 1 is 1.69 bits per heavy atom. The lowest BCUT2D eigenvalue weighted by Gasteiger charge is -2.11. The molecule has 0 radical (unpaired) electrons. The zero-order valence-electron chi connectivity index (χ0n) is 8.41. The number of carbonyl (C=O) groups is 1. The van der Waals surface area contributed by atoms with E-state index in [0.717, 1.165) is 6.07 Å². The lowest BCUT2D eigenvalue weighted by atomic mass is 10.1. The number of aliphatic carboxylic acids is 1. The smallest absolute Gasteiger partial charge is 0.309 e. The van der Waals surface area contributed by atoms with E-state index in [-0.39, 0.29) is 17.3 Å². The minimum Gasteiger partial charge on any atom is -0.481 e. The molecule has 1 heterocycles. The molecule has 1 aromatic heterocycles. The van der Waals surface area contributed by atoms with Gasteiger partial charge in [0, 0.05) is 11.8 Å². The highest BCUT2D eigenvalue weighted by Crippen LogP contribution is 2.30. The van der Waals surface area contributed by atoms with Gasteiger partial charge in [-0.1, -0.05) is 0 Å². The molecule has 0 bridgehead atoms. The van der Waals surface area contributed by atoms with Gasteiger partial charge < -0.3 is 15.6 Å². The van der Waals surface area contributed by atoms with Crippen molar-refractivity contribution in [2.45, 2.75) is 12.8 Å². The molecule has 1 aromatic rings. The maximum atomic E-state index is 12.6. The van der Waals surface area contributed by atoms with E-state index in [1.54, 1.807) is 0 Å². The summed E-state index contributed by atoms with van der Waals surface area (Å²) >= 11 is 0. The van der Waals surface area contributed by atoms with Gasteiger partial charge in [0.2, 0.25) is 5.88 Å². The number of nitrogens with two attached hydrogens (primary N) is 1. The number of methoxy groups -OCH3 is 1. The Morgan fingerprint density at radius 3 is 2.75 bits per heavy atom. The molecule has 5 nitrogen and oxygen atoms in total. The Morgan fingerprint density at radius 2 is 2.31 bits per heavy atom. The van der Waals surface area contributed by atoms with Gasteiger partial charge in [0.1, 0.15) is 0 Å². The van der Waals surface area contributed by atoms with Gasteiger partial charge in [-0.15, -0.1) is 0 Å². The molecule has 0 aliphatic carbocycles. The first-order chi connectivity index (χ1) is 7.45. The predicted octanol–water partition coefficient (Wildman–Crippen LogP) is 1.24. The normalized spacial score (nSPS) is 10.5. The molecule has 0 fully saturated rings. The van der Waals surface area contributed by atoms with Crippen LogP contribution >= 0.6 is 0 Å². The van der Waals surface area contributed by atoms with Crippen LogP contribution in [0.15, 0.2) is 6.07 Å². The van der Waals surface area contributed by atoms with Gasteiger partial charge in [-0.05, 0) is 0 Å². The van der Waals surface area contributed by atoms with Crippen LogP contribution in [0.1, 0.15) is 17.7 Å². The first kappa shape index (κ1) is 12.2. The number of rotatable bonds is 4. The average molecular weight is 232 g/mol. The summed E-state index contributed by atoms with van der Waals surface area (Å²) in [5, 5.41) is 8.56. The van der Waals surface area contributed by atoms with E-state index in [0.29, 0.717) is 0 Å². The Bertz CT molecular complexity index is 410. The van der Waals surface area contributed by atoms with Gasteiger partial charge in [-0.25, -0.2) is 13.8 Å². The van der Waals surface area contributed by atoms with E-state index in [9.17, 15) is 13.6 Å². The van der Waals surface area contributed by atoms with Gasteiger partial charge >= 0.3 is 5.97 Å². The summed E-state index contributed by atoms with van der Waals surface area (Å²) in [6.07, 6.45) is -3.49. The van der Waals surface area contributed by atoms with Crippen LogP contribution in [0.3, 0.4) is 0 Å². The van der Waals surface area contributed by atoms with Crippen molar-refractivity contribution in [1.82, 2.24) is 4.98 Å². The zero-order chi connectivity index (χ0) is 12.3. The minimum atomic E-state index is -2.87. The number of pyridine rings is 1. The second kappa shape index (κ2) is 4.73. The minimum absolute atomic E-state index is 0.0122. The van der Waals surface area contributed by atoms with Crippen molar-refractivity contribution in [3.63, 3.8) is 0 Å². The largest absolute Gasteiger partial charge is 0.481 e. The molecule has 0 amide bonds. The highest BCUT2D eigenvalue weighted by atomic mass is 19.3. The molecule has 0 saturated heterocycles. The standard InChI is InChI=1S/C9H10F2N2O3/c1-16-6-2-4(12)8(9(10)11)5(13-6)3-7(14)15/h2,9H,3H2,1H3,(H2,12,13)(H,14,15). The van der Waals surface area contributed by atoms with Crippen LogP contribution in [0.4, 0.5) is 14.5 Å². The van der Waals surface area contributed by atoms with Crippen molar-refractivity contribution in [3.8, 4) is 5.88 Å². The van der Waals surface area contributed by atoms with E-state index >= 15 is 0 Å². The number of carboxylic acids is 1. The monoisotopic (exact) mass is 232 g/mol. The van der Waals surface area contributed by atoms with E-state index in [4.69, 9.17) is 15.6 Å². The first-order valence-corrected chi connectivity index (χ1v) is 4.29. The van der Waals surface area contributed by atoms with Crippen LogP contribution < -0.4 is 10.5 Å². The van der Waals surface area contributed by atoms with Crippen molar-refractivity contribution >= 4 is 11.7 Å². The molecule has 0 spiro atoms. The number of halogens is 2. The summed E-state index contributed by atoms with van der Waals surface area (Å²) in [5.41, 5.74) is 4.33. The van der Waals surface area contributed by atoms with Crippen LogP contribution in [0.25, 0.3) is 0 Å². The molecule has 0 atom stereocenters. The van der Waals surface area contributed by atoms with E-state index < -0.39 is 24.4 Å². The van der Waals surface area contributed by atoms with Crippen LogP contribution in [0.2, 0.25) is 0 Å². The summed E-state index contributed by atoms with van der Waals surface area (Å²) in [6.45, 7) is 0. The Labute approximate surface area is 89.9 Å². The molecule has 16 heavy (non-hydrogen) atoms. The number of anilines is 1. The molecule has 3 N–H and O–H groups in total. The number of aromatic nitrogens is 1. The van der Waals surface area contributed by atoms with Gasteiger partial charge in [-0.3, -0.25) is 4.79 Å². The molecular formula is C9H10F2N2O3. The molecule has 0 aliphatic heterocycles. The van der Waals surface area contributed by atoms with Gasteiger partial charge in [0.15, 0.2) is 0 Å². The average Bonchev–Trinajstić information content (AvgIpc) is 2.14. The maximum absolute atomic E-state index is 12.6. The molecule has 0 aromatic carbocycles. The SMILES string of the molecule is COc1cc(N)c(C(F)F)c(CC(=O)O)n1. The van der Waals surface area contributed by atoms with Crippen molar-refractivity contribution in [3.05, 3.63) is 17.3 Å². The second-order valence-corrected chi connectivity index (χ2v) is 2.99. The number of hydrogen-bond acceptors (Lipinski definition) is 4. The highest BCUT2D eigenvalue weighted by molar-refractivity contribution is 5.71. The fourth-order valence-electron chi connectivity index (χ4n) is 1.24. The van der Waals surface area contributed by atoms with Gasteiger partial charge in [0.05, 0.1) is 24.8 Å². The van der Waals surface area contributed by atoms with Crippen molar-refractivity contribution in [2.24, 2.45) is 0 Å². The molecular weight excluding hydrogens is 222 g/mol. The molecule has 88 valence electrons. The summed E-state index contributed by atoms with van der Waals surface area (Å²) < 4.78 is 30.0. The third-order valence-electron chi connectivity index (χ3n) is 1.89. The van der Waals surface area contributed by atoms with Gasteiger partial charge in [-0.2, -0.15) is 0 Å². The van der Waals surface area contributed by atoms with Crippen molar-refractivity contribution in [1.29, 1.82) is 0 Å². The Balaban J connectivity index is 3.28. The number of ether oxygens (including phenoxy) is 1. The molecule has 7 heteroatoms. The zero-order valence-corrected chi connectivity index (χ0v) is 8.41. The van der Waals surface area contributed by atoms with Crippen LogP contribution in [0, 0.1) is 0 Å². The quantitative estimate of drug-likeness (QED) is 0.815. The van der Waals surface area contributed by atoms with Crippen LogP contribution in [-0.4, -0.2) is 23.2 Å². The Hall–Kier alpha value is -1.92. The molecule has 1 rings (SSSR count). The summed E-state index contributed by atoms with van der Waals surface area (Å²) in [5.74, 6) is -1.25. The molecule has 0 saturated carbocycles. The maximum Gasteiger partial charge on any atom is 0.309 e. The van der Waals surface area contributed by atoms with Crippen molar-refractivity contribution in [2.75, 3.05) is 12.8 Å². The third kappa shape index (κ3) is 2.56. The number of hydrogen-bond donors (Lipinski definition) is 2. The fraction of sp³-hybridized carbons (Fsp3) is 0.333. The predicted molar refractivity (Wildman–Crippen MR) is 51.5 cm³/mol. The molecule has 0 aliphatic rings. The number of alkyl halides is 2. The van der Waals surface area contributed by atoms with E-state index in [1.165, 1.54) is 7.11 Å². The number of nitrogen functional groups attached to an aromatic ring is 1. The number of nitrogens with zero attached hydrogens (tertiary/aromatic N) is 1. The highest BCUT2D eigenvalue weighted by Gasteiger charge is 2.21. The van der Waals surface area contributed by atoms with Crippen molar-refractivity contribution < 1.29 is 23.4 Å². The topological polar surface area (TPSA) is 85.4 Å². The summed E-state index contributed by atoms with van der Waals surface area (Å²) in [6, 6.07) is 1.13.